The van der Waals surface area contributed by atoms with Crippen LogP contribution in [0, 0.1) is 0 Å². The molecule has 3 rings (SSSR count). The van der Waals surface area contributed by atoms with Gasteiger partial charge in [0.05, 0.1) is 31.3 Å². The average molecular weight is 367 g/mol. The van der Waals surface area contributed by atoms with Crippen LogP contribution in [0.5, 0.6) is 11.5 Å². The third kappa shape index (κ3) is 4.58. The molecule has 0 radical (unpaired) electrons. The Kier molecular flexibility index (Phi) is 5.96. The number of hydrogen-bond donors (Lipinski definition) is 0. The largest absolute Gasteiger partial charge is 0.497 e. The summed E-state index contributed by atoms with van der Waals surface area (Å²) in [5, 5.41) is 0. The Morgan fingerprint density at radius 1 is 1.15 bits per heavy atom. The maximum Gasteiger partial charge on any atom is 0.219 e. The van der Waals surface area contributed by atoms with E-state index in [1.807, 2.05) is 42.5 Å². The summed E-state index contributed by atoms with van der Waals surface area (Å²) < 4.78 is 13.2. The second-order valence-electron chi connectivity index (χ2n) is 6.42. The maximum absolute atomic E-state index is 11.6. The number of rotatable bonds is 8. The molecule has 0 fully saturated rings. The number of ether oxygens (including phenoxy) is 2. The van der Waals surface area contributed by atoms with Gasteiger partial charge >= 0.3 is 0 Å². The Balaban J connectivity index is 1.68. The molecule has 0 saturated heterocycles. The highest BCUT2D eigenvalue weighted by Gasteiger charge is 2.13. The number of para-hydroxylation sites is 2. The van der Waals surface area contributed by atoms with Crippen molar-refractivity contribution in [3.8, 4) is 11.5 Å². The molecule has 0 saturated carbocycles. The van der Waals surface area contributed by atoms with Crippen molar-refractivity contribution in [2.45, 2.75) is 26.4 Å². The Bertz CT molecular complexity index is 920. The number of carbonyl (C=O) groups is 1. The molecule has 0 atom stereocenters. The van der Waals surface area contributed by atoms with Crippen LogP contribution in [0.25, 0.3) is 11.0 Å². The normalized spacial score (nSPS) is 10.8. The summed E-state index contributed by atoms with van der Waals surface area (Å²) >= 11 is 0. The van der Waals surface area contributed by atoms with Gasteiger partial charge in [-0.05, 0) is 30.7 Å². The molecule has 0 N–H and O–H groups in total. The first kappa shape index (κ1) is 18.8. The van der Waals surface area contributed by atoms with E-state index in [0.29, 0.717) is 13.2 Å². The van der Waals surface area contributed by atoms with Crippen molar-refractivity contribution in [1.29, 1.82) is 0 Å². The van der Waals surface area contributed by atoms with Crippen LogP contribution in [0.2, 0.25) is 0 Å². The number of carbonyl (C=O) groups excluding carboxylic acids is 1. The molecular formula is C21H25N3O3. The zero-order chi connectivity index (χ0) is 19.2. The minimum absolute atomic E-state index is 0.0231. The zero-order valence-electron chi connectivity index (χ0n) is 16.0. The van der Waals surface area contributed by atoms with E-state index in [1.165, 1.54) is 0 Å². The van der Waals surface area contributed by atoms with Gasteiger partial charge in [-0.25, -0.2) is 4.98 Å². The highest BCUT2D eigenvalue weighted by molar-refractivity contribution is 5.76. The Morgan fingerprint density at radius 2 is 1.93 bits per heavy atom. The fourth-order valence-corrected chi connectivity index (χ4v) is 2.92. The van der Waals surface area contributed by atoms with E-state index >= 15 is 0 Å². The second kappa shape index (κ2) is 8.58. The van der Waals surface area contributed by atoms with E-state index in [1.54, 1.807) is 26.0 Å². The van der Waals surface area contributed by atoms with Gasteiger partial charge in [-0.15, -0.1) is 0 Å². The number of hydrogen-bond acceptors (Lipinski definition) is 4. The molecule has 1 heterocycles. The molecule has 6 nitrogen and oxygen atoms in total. The monoisotopic (exact) mass is 367 g/mol. The number of nitrogens with zero attached hydrogens (tertiary/aromatic N) is 3. The van der Waals surface area contributed by atoms with E-state index in [4.69, 9.17) is 14.5 Å². The van der Waals surface area contributed by atoms with Crippen molar-refractivity contribution in [2.75, 3.05) is 20.8 Å². The number of aromatic nitrogens is 2. The Morgan fingerprint density at radius 3 is 2.70 bits per heavy atom. The van der Waals surface area contributed by atoms with E-state index in [-0.39, 0.29) is 5.91 Å². The summed E-state index contributed by atoms with van der Waals surface area (Å²) in [6.45, 7) is 3.41. The summed E-state index contributed by atoms with van der Waals surface area (Å²) in [7, 11) is 3.43. The van der Waals surface area contributed by atoms with Crippen molar-refractivity contribution in [2.24, 2.45) is 0 Å². The fourth-order valence-electron chi connectivity index (χ4n) is 2.92. The third-order valence-corrected chi connectivity index (χ3v) is 4.49. The lowest BCUT2D eigenvalue weighted by molar-refractivity contribution is -0.128. The van der Waals surface area contributed by atoms with Crippen LogP contribution in [0.15, 0.2) is 48.5 Å². The van der Waals surface area contributed by atoms with Crippen LogP contribution in [0.1, 0.15) is 19.2 Å². The second-order valence-corrected chi connectivity index (χ2v) is 6.42. The van der Waals surface area contributed by atoms with E-state index in [2.05, 4.69) is 10.6 Å². The van der Waals surface area contributed by atoms with Crippen LogP contribution in [0.3, 0.4) is 0 Å². The van der Waals surface area contributed by atoms with E-state index in [9.17, 15) is 4.79 Å². The molecular weight excluding hydrogens is 342 g/mol. The van der Waals surface area contributed by atoms with Crippen LogP contribution >= 0.6 is 0 Å². The summed E-state index contributed by atoms with van der Waals surface area (Å²) in [6, 6.07) is 15.6. The summed E-state index contributed by atoms with van der Waals surface area (Å²) in [5.74, 6) is 2.48. The smallest absolute Gasteiger partial charge is 0.219 e. The molecule has 2 aromatic carbocycles. The molecule has 3 aromatic rings. The SMILES string of the molecule is COc1cccc(OCCCn2c(CN(C)C(C)=O)nc3ccccc32)c1. The standard InChI is InChI=1S/C21H25N3O3/c1-16(25)23(2)15-21-22-19-10-4-5-11-20(19)24(21)12-7-13-27-18-9-6-8-17(14-18)26-3/h4-6,8-11,14H,7,12-13,15H2,1-3H3. The average Bonchev–Trinajstić information content (AvgIpc) is 3.02. The van der Waals surface area contributed by atoms with E-state index in [0.717, 1.165) is 41.3 Å². The Hall–Kier alpha value is -3.02. The zero-order valence-corrected chi connectivity index (χ0v) is 16.0. The highest BCUT2D eigenvalue weighted by Crippen LogP contribution is 2.20. The lowest BCUT2D eigenvalue weighted by Gasteiger charge is -2.16. The molecule has 1 aromatic heterocycles. The number of imidazole rings is 1. The number of benzene rings is 2. The predicted octanol–water partition coefficient (Wildman–Crippen LogP) is 3.49. The third-order valence-electron chi connectivity index (χ3n) is 4.49. The van der Waals surface area contributed by atoms with Crippen LogP contribution in [0.4, 0.5) is 0 Å². The van der Waals surface area contributed by atoms with Gasteiger partial charge in [0.25, 0.3) is 0 Å². The first-order chi connectivity index (χ1) is 13.1. The maximum atomic E-state index is 11.6. The van der Waals surface area contributed by atoms with Gasteiger partial charge in [-0.3, -0.25) is 4.79 Å². The number of aryl methyl sites for hydroxylation is 1. The van der Waals surface area contributed by atoms with Gasteiger partial charge in [0.1, 0.15) is 17.3 Å². The van der Waals surface area contributed by atoms with Gasteiger partial charge in [-0.1, -0.05) is 18.2 Å². The lowest BCUT2D eigenvalue weighted by Crippen LogP contribution is -2.25. The summed E-state index contributed by atoms with van der Waals surface area (Å²) in [6.07, 6.45) is 0.828. The Labute approximate surface area is 159 Å². The number of amides is 1. The molecule has 0 aliphatic heterocycles. The predicted molar refractivity (Wildman–Crippen MR) is 105 cm³/mol. The minimum Gasteiger partial charge on any atom is -0.497 e. The van der Waals surface area contributed by atoms with Crippen molar-refractivity contribution in [1.82, 2.24) is 14.5 Å². The van der Waals surface area contributed by atoms with Crippen LogP contribution in [-0.2, 0) is 17.9 Å². The number of methoxy groups -OCH3 is 1. The van der Waals surface area contributed by atoms with Gasteiger partial charge in [0.15, 0.2) is 0 Å². The first-order valence-corrected chi connectivity index (χ1v) is 9.01. The van der Waals surface area contributed by atoms with Gasteiger partial charge in [-0.2, -0.15) is 0 Å². The minimum atomic E-state index is 0.0231. The first-order valence-electron chi connectivity index (χ1n) is 9.01. The highest BCUT2D eigenvalue weighted by atomic mass is 16.5. The van der Waals surface area contributed by atoms with Crippen LogP contribution < -0.4 is 9.47 Å². The summed E-state index contributed by atoms with van der Waals surface area (Å²) in [4.78, 5) is 18.0. The van der Waals surface area contributed by atoms with Crippen LogP contribution in [-0.4, -0.2) is 41.1 Å². The molecule has 0 bridgehead atoms. The topological polar surface area (TPSA) is 56.6 Å². The quantitative estimate of drug-likeness (QED) is 0.572. The molecule has 0 aliphatic rings. The molecule has 0 spiro atoms. The van der Waals surface area contributed by atoms with Gasteiger partial charge in [0, 0.05) is 26.6 Å². The van der Waals surface area contributed by atoms with E-state index < -0.39 is 0 Å². The molecule has 142 valence electrons. The molecule has 0 aliphatic carbocycles. The molecule has 27 heavy (non-hydrogen) atoms. The summed E-state index contributed by atoms with van der Waals surface area (Å²) in [5.41, 5.74) is 2.02. The molecule has 1 amide bonds. The molecule has 6 heteroatoms. The van der Waals surface area contributed by atoms with Crippen molar-refractivity contribution in [3.05, 3.63) is 54.4 Å². The van der Waals surface area contributed by atoms with Crippen molar-refractivity contribution >= 4 is 16.9 Å². The lowest BCUT2D eigenvalue weighted by atomic mass is 10.3. The van der Waals surface area contributed by atoms with Gasteiger partial charge < -0.3 is 18.9 Å². The van der Waals surface area contributed by atoms with Crippen molar-refractivity contribution < 1.29 is 14.3 Å². The molecule has 0 unspecified atom stereocenters. The van der Waals surface area contributed by atoms with Crippen molar-refractivity contribution in [3.63, 3.8) is 0 Å². The number of fused-ring (bicyclic) bond motifs is 1. The van der Waals surface area contributed by atoms with Gasteiger partial charge in [0.2, 0.25) is 5.91 Å². The fraction of sp³-hybridized carbons (Fsp3) is 0.333.